The second-order valence-corrected chi connectivity index (χ2v) is 4.76. The molecule has 0 amide bonds. The zero-order chi connectivity index (χ0) is 10.6. The molecule has 0 heterocycles. The third kappa shape index (κ3) is 3.06. The van der Waals surface area contributed by atoms with Gasteiger partial charge in [0, 0.05) is 12.2 Å². The average molecular weight is 191 g/mol. The van der Waals surface area contributed by atoms with Gasteiger partial charge in [-0.05, 0) is 29.5 Å². The highest BCUT2D eigenvalue weighted by Crippen LogP contribution is 2.24. The fourth-order valence-electron chi connectivity index (χ4n) is 1.37. The lowest BCUT2D eigenvalue weighted by Gasteiger charge is -2.20. The summed E-state index contributed by atoms with van der Waals surface area (Å²) in [4.78, 5) is 0. The van der Waals surface area contributed by atoms with Gasteiger partial charge in [-0.2, -0.15) is 0 Å². The van der Waals surface area contributed by atoms with Gasteiger partial charge in [0.25, 0.3) is 0 Å². The number of benzene rings is 1. The summed E-state index contributed by atoms with van der Waals surface area (Å²) in [5.74, 6) is 0. The van der Waals surface area contributed by atoms with Gasteiger partial charge in [0.15, 0.2) is 0 Å². The van der Waals surface area contributed by atoms with Gasteiger partial charge in [-0.1, -0.05) is 39.8 Å². The lowest BCUT2D eigenvalue weighted by Crippen LogP contribution is -2.11. The predicted molar refractivity (Wildman–Crippen MR) is 63.9 cm³/mol. The van der Waals surface area contributed by atoms with Crippen molar-refractivity contribution in [3.8, 4) is 0 Å². The zero-order valence-electron chi connectivity index (χ0n) is 9.72. The molecule has 0 aliphatic heterocycles. The first-order valence-corrected chi connectivity index (χ1v) is 5.38. The van der Waals surface area contributed by atoms with E-state index in [0.717, 1.165) is 6.54 Å². The summed E-state index contributed by atoms with van der Waals surface area (Å²) in [6, 6.07) is 8.69. The third-order valence-corrected chi connectivity index (χ3v) is 2.31. The normalized spacial score (nSPS) is 11.4. The Morgan fingerprint density at radius 2 is 1.93 bits per heavy atom. The quantitative estimate of drug-likeness (QED) is 0.766. The van der Waals surface area contributed by atoms with Crippen molar-refractivity contribution in [3.05, 3.63) is 29.8 Å². The SMILES string of the molecule is CCCNc1cccc(C(C)(C)C)c1. The molecule has 1 heteroatoms. The van der Waals surface area contributed by atoms with Gasteiger partial charge in [0.05, 0.1) is 0 Å². The molecule has 0 aliphatic rings. The van der Waals surface area contributed by atoms with Crippen molar-refractivity contribution in [3.63, 3.8) is 0 Å². The van der Waals surface area contributed by atoms with E-state index in [1.165, 1.54) is 17.7 Å². The molecule has 1 nitrogen and oxygen atoms in total. The van der Waals surface area contributed by atoms with Gasteiger partial charge < -0.3 is 5.32 Å². The molecular weight excluding hydrogens is 170 g/mol. The summed E-state index contributed by atoms with van der Waals surface area (Å²) >= 11 is 0. The van der Waals surface area contributed by atoms with Crippen LogP contribution in [-0.4, -0.2) is 6.54 Å². The standard InChI is InChI=1S/C13H21N/c1-5-9-14-12-8-6-7-11(10-12)13(2,3)4/h6-8,10,14H,5,9H2,1-4H3. The molecule has 0 aromatic heterocycles. The maximum atomic E-state index is 3.41. The fourth-order valence-corrected chi connectivity index (χ4v) is 1.37. The van der Waals surface area contributed by atoms with Gasteiger partial charge in [-0.3, -0.25) is 0 Å². The number of hydrogen-bond acceptors (Lipinski definition) is 1. The van der Waals surface area contributed by atoms with E-state index >= 15 is 0 Å². The second kappa shape index (κ2) is 4.50. The summed E-state index contributed by atoms with van der Waals surface area (Å²) in [6.07, 6.45) is 1.17. The molecule has 78 valence electrons. The van der Waals surface area contributed by atoms with Crippen LogP contribution in [0.4, 0.5) is 5.69 Å². The maximum Gasteiger partial charge on any atom is 0.0343 e. The molecule has 1 aromatic rings. The minimum absolute atomic E-state index is 0.240. The lowest BCUT2D eigenvalue weighted by molar-refractivity contribution is 0.590. The summed E-state index contributed by atoms with van der Waals surface area (Å²) in [5.41, 5.74) is 2.86. The molecule has 1 rings (SSSR count). The van der Waals surface area contributed by atoms with E-state index in [9.17, 15) is 0 Å². The third-order valence-electron chi connectivity index (χ3n) is 2.31. The van der Waals surface area contributed by atoms with Gasteiger partial charge in [-0.15, -0.1) is 0 Å². The Morgan fingerprint density at radius 3 is 2.50 bits per heavy atom. The van der Waals surface area contributed by atoms with Crippen LogP contribution in [0.3, 0.4) is 0 Å². The largest absolute Gasteiger partial charge is 0.385 e. The molecule has 0 radical (unpaired) electrons. The van der Waals surface area contributed by atoms with Crippen LogP contribution < -0.4 is 5.32 Å². The lowest BCUT2D eigenvalue weighted by atomic mass is 9.87. The van der Waals surface area contributed by atoms with E-state index < -0.39 is 0 Å². The van der Waals surface area contributed by atoms with Crippen molar-refractivity contribution in [1.29, 1.82) is 0 Å². The Bertz CT molecular complexity index is 284. The molecular formula is C13H21N. The molecule has 0 unspecified atom stereocenters. The molecule has 1 N–H and O–H groups in total. The highest BCUT2D eigenvalue weighted by molar-refractivity contribution is 5.47. The highest BCUT2D eigenvalue weighted by atomic mass is 14.9. The van der Waals surface area contributed by atoms with E-state index in [2.05, 4.69) is 57.3 Å². The van der Waals surface area contributed by atoms with Gasteiger partial charge in [-0.25, -0.2) is 0 Å². The summed E-state index contributed by atoms with van der Waals surface area (Å²) in [5, 5.41) is 3.41. The summed E-state index contributed by atoms with van der Waals surface area (Å²) in [7, 11) is 0. The van der Waals surface area contributed by atoms with Crippen LogP contribution in [0, 0.1) is 0 Å². The Hall–Kier alpha value is -0.980. The van der Waals surface area contributed by atoms with E-state index in [1.807, 2.05) is 0 Å². The maximum absolute atomic E-state index is 3.41. The molecule has 14 heavy (non-hydrogen) atoms. The molecule has 1 aromatic carbocycles. The minimum Gasteiger partial charge on any atom is -0.385 e. The van der Waals surface area contributed by atoms with Crippen LogP contribution in [0.5, 0.6) is 0 Å². The Kier molecular flexibility index (Phi) is 3.56. The molecule has 0 aliphatic carbocycles. The van der Waals surface area contributed by atoms with Crippen LogP contribution >= 0.6 is 0 Å². The molecule has 0 saturated heterocycles. The van der Waals surface area contributed by atoms with E-state index in [0.29, 0.717) is 0 Å². The van der Waals surface area contributed by atoms with Crippen LogP contribution in [0.1, 0.15) is 39.7 Å². The smallest absolute Gasteiger partial charge is 0.0343 e. The molecule has 0 atom stereocenters. The van der Waals surface area contributed by atoms with Crippen LogP contribution in [0.15, 0.2) is 24.3 Å². The van der Waals surface area contributed by atoms with E-state index in [-0.39, 0.29) is 5.41 Å². The van der Waals surface area contributed by atoms with Crippen molar-refractivity contribution >= 4 is 5.69 Å². The summed E-state index contributed by atoms with van der Waals surface area (Å²) < 4.78 is 0. The van der Waals surface area contributed by atoms with E-state index in [1.54, 1.807) is 0 Å². The first kappa shape index (κ1) is 11.1. The van der Waals surface area contributed by atoms with Crippen molar-refractivity contribution in [2.45, 2.75) is 39.5 Å². The second-order valence-electron chi connectivity index (χ2n) is 4.76. The van der Waals surface area contributed by atoms with Crippen molar-refractivity contribution < 1.29 is 0 Å². The van der Waals surface area contributed by atoms with Gasteiger partial charge >= 0.3 is 0 Å². The van der Waals surface area contributed by atoms with Crippen LogP contribution in [0.2, 0.25) is 0 Å². The monoisotopic (exact) mass is 191 g/mol. The number of anilines is 1. The van der Waals surface area contributed by atoms with Crippen LogP contribution in [-0.2, 0) is 5.41 Å². The minimum atomic E-state index is 0.240. The van der Waals surface area contributed by atoms with Gasteiger partial charge in [0.2, 0.25) is 0 Å². The van der Waals surface area contributed by atoms with Crippen molar-refractivity contribution in [2.75, 3.05) is 11.9 Å². The number of hydrogen-bond donors (Lipinski definition) is 1. The van der Waals surface area contributed by atoms with Gasteiger partial charge in [0.1, 0.15) is 0 Å². The Labute approximate surface area is 87.5 Å². The Morgan fingerprint density at radius 1 is 1.21 bits per heavy atom. The zero-order valence-corrected chi connectivity index (χ0v) is 9.72. The Balaban J connectivity index is 2.79. The van der Waals surface area contributed by atoms with Crippen molar-refractivity contribution in [2.24, 2.45) is 0 Å². The highest BCUT2D eigenvalue weighted by Gasteiger charge is 2.13. The molecule has 0 spiro atoms. The molecule has 0 saturated carbocycles. The first-order valence-electron chi connectivity index (χ1n) is 5.38. The fraction of sp³-hybridized carbons (Fsp3) is 0.538. The summed E-state index contributed by atoms with van der Waals surface area (Å²) in [6.45, 7) is 9.96. The van der Waals surface area contributed by atoms with Crippen LogP contribution in [0.25, 0.3) is 0 Å². The predicted octanol–water partition coefficient (Wildman–Crippen LogP) is 3.81. The average Bonchev–Trinajstić information content (AvgIpc) is 2.14. The topological polar surface area (TPSA) is 12.0 Å². The number of rotatable bonds is 3. The van der Waals surface area contributed by atoms with E-state index in [4.69, 9.17) is 0 Å². The molecule has 0 bridgehead atoms. The number of nitrogens with one attached hydrogen (secondary N) is 1. The first-order chi connectivity index (χ1) is 6.54. The molecule has 0 fully saturated rings. The van der Waals surface area contributed by atoms with Crippen molar-refractivity contribution in [1.82, 2.24) is 0 Å².